The number of likely N-dealkylation sites (tertiary alicyclic amines) is 1. The van der Waals surface area contributed by atoms with E-state index in [1.807, 2.05) is 72.8 Å². The van der Waals surface area contributed by atoms with Crippen LogP contribution in [-0.4, -0.2) is 30.8 Å². The van der Waals surface area contributed by atoms with Crippen molar-refractivity contribution in [2.45, 2.75) is 24.7 Å². The zero-order chi connectivity index (χ0) is 23.9. The van der Waals surface area contributed by atoms with E-state index in [2.05, 4.69) is 53.4 Å². The minimum atomic E-state index is -0.924. The molecule has 1 heterocycles. The van der Waals surface area contributed by atoms with Gasteiger partial charge in [-0.1, -0.05) is 121 Å². The molecule has 0 spiro atoms. The smallest absolute Gasteiger partial charge is 0.143 e. The third-order valence-electron chi connectivity index (χ3n) is 7.06. The van der Waals surface area contributed by atoms with Crippen molar-refractivity contribution in [1.29, 1.82) is 0 Å². The Morgan fingerprint density at radius 3 is 1.60 bits per heavy atom. The molecule has 1 aliphatic heterocycles. The predicted octanol–water partition coefficient (Wildman–Crippen LogP) is 6.86. The lowest BCUT2D eigenvalue weighted by atomic mass is 9.80. The molecule has 1 aliphatic rings. The lowest BCUT2D eigenvalue weighted by Gasteiger charge is -2.39. The van der Waals surface area contributed by atoms with E-state index in [1.54, 1.807) is 0 Å². The van der Waals surface area contributed by atoms with Crippen LogP contribution in [0.2, 0.25) is 0 Å². The summed E-state index contributed by atoms with van der Waals surface area (Å²) >= 11 is 0. The second-order valence-corrected chi connectivity index (χ2v) is 9.38. The van der Waals surface area contributed by atoms with Gasteiger partial charge in [0.05, 0.1) is 6.61 Å². The Hall–Kier alpha value is -3.27. The quantitative estimate of drug-likeness (QED) is 0.264. The zero-order valence-electron chi connectivity index (χ0n) is 20.0. The maximum Gasteiger partial charge on any atom is 0.143 e. The van der Waals surface area contributed by atoms with Gasteiger partial charge in [0, 0.05) is 19.0 Å². The average molecular weight is 466 g/mol. The van der Waals surface area contributed by atoms with Gasteiger partial charge in [-0.25, -0.2) is 4.39 Å². The molecule has 1 saturated heterocycles. The SMILES string of the molecule is F[C@@H]1CN(Cc2ccccc2)CC[C@@H]1COC(c1ccccc1)(c1ccccc1)c1ccccc1. The summed E-state index contributed by atoms with van der Waals surface area (Å²) in [5.41, 5.74) is 3.58. The second kappa shape index (κ2) is 11.0. The van der Waals surface area contributed by atoms with Crippen molar-refractivity contribution in [2.24, 2.45) is 5.92 Å². The number of nitrogens with zero attached hydrogens (tertiary/aromatic N) is 1. The molecular formula is C32H32FNO. The Morgan fingerprint density at radius 2 is 1.14 bits per heavy atom. The molecule has 0 unspecified atom stereocenters. The summed E-state index contributed by atoms with van der Waals surface area (Å²) in [6.45, 7) is 2.46. The van der Waals surface area contributed by atoms with Crippen molar-refractivity contribution in [3.8, 4) is 0 Å². The molecule has 0 N–H and O–H groups in total. The summed E-state index contributed by atoms with van der Waals surface area (Å²) in [5.74, 6) is -0.141. The van der Waals surface area contributed by atoms with E-state index in [0.29, 0.717) is 13.2 Å². The molecule has 3 heteroatoms. The van der Waals surface area contributed by atoms with E-state index in [1.165, 1.54) is 5.56 Å². The molecule has 35 heavy (non-hydrogen) atoms. The third-order valence-corrected chi connectivity index (χ3v) is 7.06. The first-order valence-corrected chi connectivity index (χ1v) is 12.5. The third kappa shape index (κ3) is 5.22. The number of hydrogen-bond donors (Lipinski definition) is 0. The van der Waals surface area contributed by atoms with Gasteiger partial charge in [-0.15, -0.1) is 0 Å². The number of hydrogen-bond acceptors (Lipinski definition) is 2. The summed E-state index contributed by atoms with van der Waals surface area (Å²) in [5, 5.41) is 0. The first-order chi connectivity index (χ1) is 17.3. The fourth-order valence-corrected chi connectivity index (χ4v) is 5.19. The molecule has 178 valence electrons. The van der Waals surface area contributed by atoms with Gasteiger partial charge in [-0.05, 0) is 35.2 Å². The van der Waals surface area contributed by atoms with Gasteiger partial charge in [0.2, 0.25) is 0 Å². The summed E-state index contributed by atoms with van der Waals surface area (Å²) in [4.78, 5) is 2.22. The highest BCUT2D eigenvalue weighted by atomic mass is 19.1. The number of alkyl halides is 1. The Morgan fingerprint density at radius 1 is 0.686 bits per heavy atom. The molecule has 0 radical (unpaired) electrons. The normalized spacial score (nSPS) is 18.9. The summed E-state index contributed by atoms with van der Waals surface area (Å²) in [7, 11) is 0. The lowest BCUT2D eigenvalue weighted by Crippen LogP contribution is -2.44. The molecular weight excluding hydrogens is 433 g/mol. The van der Waals surface area contributed by atoms with Gasteiger partial charge in [0.1, 0.15) is 11.8 Å². The molecule has 2 atom stereocenters. The highest BCUT2D eigenvalue weighted by Crippen LogP contribution is 2.41. The van der Waals surface area contributed by atoms with Crippen LogP contribution in [0.5, 0.6) is 0 Å². The first-order valence-electron chi connectivity index (χ1n) is 12.5. The Kier molecular flexibility index (Phi) is 7.37. The van der Waals surface area contributed by atoms with Crippen LogP contribution in [0.15, 0.2) is 121 Å². The van der Waals surface area contributed by atoms with E-state index in [9.17, 15) is 0 Å². The number of benzene rings is 4. The van der Waals surface area contributed by atoms with Crippen LogP contribution in [0.4, 0.5) is 4.39 Å². The highest BCUT2D eigenvalue weighted by Gasteiger charge is 2.39. The topological polar surface area (TPSA) is 12.5 Å². The Bertz CT molecular complexity index is 1070. The molecule has 4 aromatic rings. The van der Waals surface area contributed by atoms with Crippen LogP contribution in [0, 0.1) is 5.92 Å². The number of ether oxygens (including phenoxy) is 1. The van der Waals surface area contributed by atoms with E-state index < -0.39 is 11.8 Å². The van der Waals surface area contributed by atoms with Crippen LogP contribution in [0.1, 0.15) is 28.7 Å². The van der Waals surface area contributed by atoms with Crippen LogP contribution in [0.25, 0.3) is 0 Å². The van der Waals surface area contributed by atoms with Crippen molar-refractivity contribution < 1.29 is 9.13 Å². The van der Waals surface area contributed by atoms with Crippen molar-refractivity contribution in [2.75, 3.05) is 19.7 Å². The summed E-state index contributed by atoms with van der Waals surface area (Å²) in [6.07, 6.45) is -0.143. The molecule has 2 nitrogen and oxygen atoms in total. The molecule has 1 fully saturated rings. The van der Waals surface area contributed by atoms with Crippen molar-refractivity contribution in [3.05, 3.63) is 144 Å². The Labute approximate surface area is 208 Å². The summed E-state index contributed by atoms with van der Waals surface area (Å²) < 4.78 is 22.4. The molecule has 0 amide bonds. The van der Waals surface area contributed by atoms with Gasteiger partial charge in [-0.2, -0.15) is 0 Å². The lowest BCUT2D eigenvalue weighted by molar-refractivity contribution is -0.0433. The largest absolute Gasteiger partial charge is 0.360 e. The number of rotatable bonds is 8. The predicted molar refractivity (Wildman–Crippen MR) is 140 cm³/mol. The zero-order valence-corrected chi connectivity index (χ0v) is 20.0. The number of piperidine rings is 1. The molecule has 0 bridgehead atoms. The summed E-state index contributed by atoms with van der Waals surface area (Å²) in [6, 6.07) is 41.3. The van der Waals surface area contributed by atoms with E-state index in [4.69, 9.17) is 4.74 Å². The van der Waals surface area contributed by atoms with Crippen molar-refractivity contribution in [1.82, 2.24) is 4.90 Å². The van der Waals surface area contributed by atoms with Gasteiger partial charge in [-0.3, -0.25) is 4.90 Å². The van der Waals surface area contributed by atoms with Crippen molar-refractivity contribution >= 4 is 0 Å². The fraction of sp³-hybridized carbons (Fsp3) is 0.250. The monoisotopic (exact) mass is 465 g/mol. The molecule has 4 aromatic carbocycles. The first kappa shape index (κ1) is 23.5. The van der Waals surface area contributed by atoms with E-state index in [-0.39, 0.29) is 5.92 Å². The minimum absolute atomic E-state index is 0.141. The maximum absolute atomic E-state index is 15.5. The Balaban J connectivity index is 1.40. The maximum atomic E-state index is 15.5. The van der Waals surface area contributed by atoms with Gasteiger partial charge < -0.3 is 4.74 Å². The average Bonchev–Trinajstić information content (AvgIpc) is 2.92. The highest BCUT2D eigenvalue weighted by molar-refractivity contribution is 5.47. The van der Waals surface area contributed by atoms with E-state index >= 15 is 4.39 Å². The fourth-order valence-electron chi connectivity index (χ4n) is 5.19. The van der Waals surface area contributed by atoms with Crippen molar-refractivity contribution in [3.63, 3.8) is 0 Å². The number of halogens is 1. The minimum Gasteiger partial charge on any atom is -0.360 e. The van der Waals surface area contributed by atoms with Gasteiger partial charge in [0.15, 0.2) is 0 Å². The standard InChI is InChI=1S/C32H32FNO/c33-31-24-34(23-26-13-5-1-6-14-26)22-21-27(31)25-35-32(28-15-7-2-8-16-28,29-17-9-3-10-18-29)30-19-11-4-12-20-30/h1-20,27,31H,21-25H2/t27-,31-/m1/s1. The molecule has 0 aliphatic carbocycles. The molecule has 0 saturated carbocycles. The van der Waals surface area contributed by atoms with Crippen LogP contribution in [-0.2, 0) is 16.9 Å². The van der Waals surface area contributed by atoms with Crippen LogP contribution >= 0.6 is 0 Å². The second-order valence-electron chi connectivity index (χ2n) is 9.38. The van der Waals surface area contributed by atoms with Gasteiger partial charge in [0.25, 0.3) is 0 Å². The van der Waals surface area contributed by atoms with E-state index in [0.717, 1.165) is 36.2 Å². The van der Waals surface area contributed by atoms with Crippen LogP contribution in [0.3, 0.4) is 0 Å². The molecule has 5 rings (SSSR count). The van der Waals surface area contributed by atoms with Gasteiger partial charge >= 0.3 is 0 Å². The molecule has 0 aromatic heterocycles. The van der Waals surface area contributed by atoms with Crippen LogP contribution < -0.4 is 0 Å².